The summed E-state index contributed by atoms with van der Waals surface area (Å²) in [4.78, 5) is 23.6. The summed E-state index contributed by atoms with van der Waals surface area (Å²) in [5.74, 6) is -2.81. The molecule has 12 heteroatoms. The smallest absolute Gasteiger partial charge is 0.320 e. The van der Waals surface area contributed by atoms with Crippen LogP contribution in [0.15, 0.2) is 57.8 Å². The molecular formula is C22H21FN4O6S. The normalized spacial score (nSPS) is 18.3. The number of aromatic nitrogens is 2. The third-order valence-electron chi connectivity index (χ3n) is 5.62. The minimum Gasteiger partial charge on any atom is -0.481 e. The molecule has 1 aliphatic rings. The molecule has 3 N–H and O–H groups in total. The third kappa shape index (κ3) is 5.22. The lowest BCUT2D eigenvalue weighted by molar-refractivity contribution is -0.142. The molecule has 1 saturated carbocycles. The Balaban J connectivity index is 1.37. The van der Waals surface area contributed by atoms with E-state index in [0.29, 0.717) is 37.1 Å². The number of amides is 1. The van der Waals surface area contributed by atoms with E-state index in [1.807, 2.05) is 0 Å². The van der Waals surface area contributed by atoms with Crippen LogP contribution < -0.4 is 10.6 Å². The maximum absolute atomic E-state index is 13.0. The van der Waals surface area contributed by atoms with Gasteiger partial charge in [0.1, 0.15) is 5.82 Å². The minimum absolute atomic E-state index is 0.0594. The first-order chi connectivity index (χ1) is 16.2. The van der Waals surface area contributed by atoms with E-state index in [0.717, 1.165) is 0 Å². The van der Waals surface area contributed by atoms with Gasteiger partial charge in [-0.1, -0.05) is 5.10 Å². The highest BCUT2D eigenvalue weighted by Crippen LogP contribution is 2.32. The van der Waals surface area contributed by atoms with Crippen molar-refractivity contribution in [3.8, 4) is 0 Å². The molecule has 1 amide bonds. The largest absolute Gasteiger partial charge is 0.481 e. The molecule has 0 spiro atoms. The molecule has 2 aromatic carbocycles. The van der Waals surface area contributed by atoms with Crippen LogP contribution in [0.25, 0.3) is 0 Å². The molecule has 1 fully saturated rings. The molecule has 34 heavy (non-hydrogen) atoms. The van der Waals surface area contributed by atoms with Crippen LogP contribution in [-0.4, -0.2) is 40.8 Å². The standard InChI is InChI=1S/C22H21FN4O6S/c23-14-3-5-16(6-4-14)25-22-27-26-20(33-22)19(28)24-15-7-11-18(12-8-15)34(31,32)17-9-1-13(2-10-17)21(29)30/h3-8,11-13,17H,1-2,9-10H2,(H,24,28)(H,25,27)(H,29,30). The highest BCUT2D eigenvalue weighted by molar-refractivity contribution is 7.92. The quantitative estimate of drug-likeness (QED) is 0.453. The highest BCUT2D eigenvalue weighted by atomic mass is 32.2. The molecule has 10 nitrogen and oxygen atoms in total. The van der Waals surface area contributed by atoms with Crippen molar-refractivity contribution in [1.29, 1.82) is 0 Å². The molecule has 0 unspecified atom stereocenters. The second-order valence-corrected chi connectivity index (χ2v) is 10.1. The molecule has 0 radical (unpaired) electrons. The number of aliphatic carboxylic acids is 1. The van der Waals surface area contributed by atoms with E-state index in [1.54, 1.807) is 0 Å². The Bertz CT molecular complexity index is 1280. The van der Waals surface area contributed by atoms with Gasteiger partial charge in [-0.15, -0.1) is 5.10 Å². The van der Waals surface area contributed by atoms with Gasteiger partial charge in [-0.05, 0) is 74.2 Å². The molecule has 1 heterocycles. The van der Waals surface area contributed by atoms with Crippen LogP contribution >= 0.6 is 0 Å². The van der Waals surface area contributed by atoms with Gasteiger partial charge in [-0.2, -0.15) is 0 Å². The van der Waals surface area contributed by atoms with Crippen molar-refractivity contribution in [1.82, 2.24) is 10.2 Å². The van der Waals surface area contributed by atoms with Crippen molar-refractivity contribution < 1.29 is 31.9 Å². The number of halogens is 1. The van der Waals surface area contributed by atoms with E-state index < -0.39 is 38.7 Å². The first-order valence-electron chi connectivity index (χ1n) is 10.5. The summed E-state index contributed by atoms with van der Waals surface area (Å²) >= 11 is 0. The molecule has 0 aliphatic heterocycles. The Morgan fingerprint density at radius 1 is 0.941 bits per heavy atom. The molecular weight excluding hydrogens is 467 g/mol. The molecule has 1 aromatic heterocycles. The molecule has 178 valence electrons. The summed E-state index contributed by atoms with van der Waals surface area (Å²) in [5.41, 5.74) is 0.815. The lowest BCUT2D eigenvalue weighted by Crippen LogP contribution is -2.30. The van der Waals surface area contributed by atoms with Crippen molar-refractivity contribution in [3.05, 3.63) is 60.2 Å². The summed E-state index contributed by atoms with van der Waals surface area (Å²) in [6.07, 6.45) is 1.25. The number of carboxylic acids is 1. The lowest BCUT2D eigenvalue weighted by Gasteiger charge is -2.26. The number of carbonyl (C=O) groups excluding carboxylic acids is 1. The summed E-state index contributed by atoms with van der Waals surface area (Å²) in [5, 5.41) is 21.1. The Labute approximate surface area is 194 Å². The zero-order valence-corrected chi connectivity index (χ0v) is 18.6. The number of hydrogen-bond acceptors (Lipinski definition) is 8. The number of carboxylic acid groups (broad SMARTS) is 1. The second kappa shape index (κ2) is 9.59. The number of carbonyl (C=O) groups is 2. The van der Waals surface area contributed by atoms with E-state index in [1.165, 1.54) is 48.5 Å². The second-order valence-electron chi connectivity index (χ2n) is 7.88. The number of hydrogen-bond donors (Lipinski definition) is 3. The Morgan fingerprint density at radius 3 is 2.18 bits per heavy atom. The monoisotopic (exact) mass is 488 g/mol. The SMILES string of the molecule is O=C(Nc1ccc(S(=O)(=O)C2CCC(C(=O)O)CC2)cc1)c1nnc(Nc2ccc(F)cc2)o1. The molecule has 0 bridgehead atoms. The van der Waals surface area contributed by atoms with Crippen molar-refractivity contribution >= 4 is 39.1 Å². The van der Waals surface area contributed by atoms with Gasteiger partial charge < -0.3 is 20.2 Å². The van der Waals surface area contributed by atoms with Gasteiger partial charge in [0.25, 0.3) is 0 Å². The molecule has 3 aromatic rings. The molecule has 0 atom stereocenters. The molecule has 0 saturated heterocycles. The van der Waals surface area contributed by atoms with Gasteiger partial charge in [0.05, 0.1) is 16.1 Å². The van der Waals surface area contributed by atoms with E-state index in [9.17, 15) is 22.4 Å². The van der Waals surface area contributed by atoms with Crippen LogP contribution in [-0.2, 0) is 14.6 Å². The number of sulfone groups is 1. The number of nitrogens with zero attached hydrogens (tertiary/aromatic N) is 2. The van der Waals surface area contributed by atoms with Gasteiger partial charge in [0.15, 0.2) is 9.84 Å². The predicted octanol–water partition coefficient (Wildman–Crippen LogP) is 3.62. The molecule has 1 aliphatic carbocycles. The van der Waals surface area contributed by atoms with Crippen LogP contribution in [0.5, 0.6) is 0 Å². The number of anilines is 3. The Morgan fingerprint density at radius 2 is 1.56 bits per heavy atom. The van der Waals surface area contributed by atoms with Crippen molar-refractivity contribution in [2.45, 2.75) is 35.8 Å². The summed E-state index contributed by atoms with van der Waals surface area (Å²) in [7, 11) is -3.62. The van der Waals surface area contributed by atoms with Crippen molar-refractivity contribution in [3.63, 3.8) is 0 Å². The fourth-order valence-corrected chi connectivity index (χ4v) is 5.54. The fourth-order valence-electron chi connectivity index (χ4n) is 3.75. The summed E-state index contributed by atoms with van der Waals surface area (Å²) < 4.78 is 44.0. The maximum Gasteiger partial charge on any atom is 0.320 e. The van der Waals surface area contributed by atoms with E-state index in [4.69, 9.17) is 9.52 Å². The van der Waals surface area contributed by atoms with Crippen molar-refractivity contribution in [2.24, 2.45) is 5.92 Å². The van der Waals surface area contributed by atoms with E-state index in [2.05, 4.69) is 20.8 Å². The van der Waals surface area contributed by atoms with Gasteiger partial charge in [0.2, 0.25) is 0 Å². The number of benzene rings is 2. The minimum atomic E-state index is -3.62. The van der Waals surface area contributed by atoms with E-state index >= 15 is 0 Å². The first-order valence-corrected chi connectivity index (χ1v) is 12.0. The van der Waals surface area contributed by atoms with E-state index in [-0.39, 0.29) is 16.8 Å². The van der Waals surface area contributed by atoms with Gasteiger partial charge in [-0.3, -0.25) is 9.59 Å². The van der Waals surface area contributed by atoms with Gasteiger partial charge in [0, 0.05) is 11.4 Å². The number of nitrogens with one attached hydrogen (secondary N) is 2. The van der Waals surface area contributed by atoms with Crippen LogP contribution in [0.3, 0.4) is 0 Å². The van der Waals surface area contributed by atoms with Crippen LogP contribution in [0.2, 0.25) is 0 Å². The Kier molecular flexibility index (Phi) is 6.59. The highest BCUT2D eigenvalue weighted by Gasteiger charge is 2.34. The average Bonchev–Trinajstić information content (AvgIpc) is 3.30. The van der Waals surface area contributed by atoms with Gasteiger partial charge in [-0.25, -0.2) is 12.8 Å². The molecule has 4 rings (SSSR count). The predicted molar refractivity (Wildman–Crippen MR) is 119 cm³/mol. The topological polar surface area (TPSA) is 151 Å². The van der Waals surface area contributed by atoms with Crippen molar-refractivity contribution in [2.75, 3.05) is 10.6 Å². The fraction of sp³-hybridized carbons (Fsp3) is 0.273. The number of rotatable bonds is 7. The summed E-state index contributed by atoms with van der Waals surface area (Å²) in [6, 6.07) is 11.0. The zero-order valence-electron chi connectivity index (χ0n) is 17.8. The lowest BCUT2D eigenvalue weighted by atomic mass is 9.89. The third-order valence-corrected chi connectivity index (χ3v) is 7.90. The zero-order chi connectivity index (χ0) is 24.3. The summed E-state index contributed by atoms with van der Waals surface area (Å²) in [6.45, 7) is 0. The van der Waals surface area contributed by atoms with Crippen LogP contribution in [0.4, 0.5) is 21.8 Å². The van der Waals surface area contributed by atoms with Crippen LogP contribution in [0.1, 0.15) is 36.4 Å². The van der Waals surface area contributed by atoms with Gasteiger partial charge >= 0.3 is 23.8 Å². The first kappa shape index (κ1) is 23.4. The maximum atomic E-state index is 13.0. The van der Waals surface area contributed by atoms with Crippen LogP contribution in [0, 0.1) is 11.7 Å². The average molecular weight is 488 g/mol. The Hall–Kier alpha value is -3.80.